The van der Waals surface area contributed by atoms with Gasteiger partial charge < -0.3 is 15.2 Å². The molecule has 1 aromatic rings. The number of hydrogen-bond donors (Lipinski definition) is 2. The van der Waals surface area contributed by atoms with Crippen molar-refractivity contribution in [3.05, 3.63) is 29.8 Å². The second kappa shape index (κ2) is 6.20. The van der Waals surface area contributed by atoms with Crippen molar-refractivity contribution in [3.8, 4) is 5.75 Å². The van der Waals surface area contributed by atoms with Crippen molar-refractivity contribution in [1.82, 2.24) is 5.32 Å². The van der Waals surface area contributed by atoms with Gasteiger partial charge in [-0.05, 0) is 24.3 Å². The third-order valence-corrected chi connectivity index (χ3v) is 3.10. The third-order valence-electron chi connectivity index (χ3n) is 2.23. The van der Waals surface area contributed by atoms with E-state index in [1.54, 1.807) is 6.92 Å². The van der Waals surface area contributed by atoms with Crippen LogP contribution in [0.2, 0.25) is 0 Å². The average Bonchev–Trinajstić information content (AvgIpc) is 2.83. The van der Waals surface area contributed by atoms with E-state index in [1.165, 1.54) is 36.0 Å². The predicted octanol–water partition coefficient (Wildman–Crippen LogP) is 1.32. The van der Waals surface area contributed by atoms with Crippen molar-refractivity contribution in [3.63, 3.8) is 0 Å². The number of ether oxygens (including phenoxy) is 1. The van der Waals surface area contributed by atoms with Crippen LogP contribution in [0.1, 0.15) is 17.3 Å². The lowest BCUT2D eigenvalue weighted by molar-refractivity contribution is -0.116. The number of rotatable bonds is 3. The number of amidine groups is 1. The van der Waals surface area contributed by atoms with E-state index in [1.807, 2.05) is 0 Å². The molecule has 0 bridgehead atoms. The Bertz CT molecular complexity index is 595. The number of benzene rings is 1. The van der Waals surface area contributed by atoms with E-state index in [0.29, 0.717) is 16.7 Å². The van der Waals surface area contributed by atoms with Crippen molar-refractivity contribution in [1.29, 1.82) is 0 Å². The zero-order chi connectivity index (χ0) is 14.5. The first kappa shape index (κ1) is 14.1. The van der Waals surface area contributed by atoms with E-state index < -0.39 is 5.97 Å². The summed E-state index contributed by atoms with van der Waals surface area (Å²) in [5.74, 6) is -0.0266. The molecule has 1 saturated heterocycles. The molecule has 0 aromatic heterocycles. The number of carboxylic acid groups (broad SMARTS) is 1. The van der Waals surface area contributed by atoms with Gasteiger partial charge in [0.05, 0.1) is 11.3 Å². The van der Waals surface area contributed by atoms with Gasteiger partial charge in [-0.3, -0.25) is 4.79 Å². The van der Waals surface area contributed by atoms with Gasteiger partial charge in [0, 0.05) is 6.92 Å². The fraction of sp³-hybridized carbons (Fsp3) is 0.167. The first-order chi connectivity index (χ1) is 9.54. The number of aromatic carboxylic acids is 1. The van der Waals surface area contributed by atoms with Crippen LogP contribution in [0.3, 0.4) is 0 Å². The van der Waals surface area contributed by atoms with E-state index in [9.17, 15) is 9.59 Å². The highest BCUT2D eigenvalue weighted by Crippen LogP contribution is 2.13. The smallest absolute Gasteiger partial charge is 0.335 e. The Hall–Kier alpha value is -2.35. The highest BCUT2D eigenvalue weighted by atomic mass is 32.2. The van der Waals surface area contributed by atoms with Gasteiger partial charge in [-0.1, -0.05) is 11.8 Å². The molecule has 1 fully saturated rings. The molecule has 1 aromatic carbocycles. The van der Waals surface area contributed by atoms with Gasteiger partial charge in [0.1, 0.15) is 5.75 Å². The number of carbonyl (C=O) groups is 2. The van der Waals surface area contributed by atoms with Crippen molar-refractivity contribution < 1.29 is 19.4 Å². The Morgan fingerprint density at radius 2 is 2.10 bits per heavy atom. The van der Waals surface area contributed by atoms with E-state index >= 15 is 0 Å². The highest BCUT2D eigenvalue weighted by Gasteiger charge is 2.16. The van der Waals surface area contributed by atoms with E-state index in [2.05, 4.69) is 15.5 Å². The van der Waals surface area contributed by atoms with Gasteiger partial charge in [-0.25, -0.2) is 4.79 Å². The molecule has 1 heterocycles. The lowest BCUT2D eigenvalue weighted by Crippen LogP contribution is -2.20. The average molecular weight is 293 g/mol. The standard InChI is InChI=1S/C12H11N3O4S/c1-7(14-15-12-13-10(16)6-20-12)19-9-4-2-8(3-5-9)11(17)18/h2-5H,6H2,1H3,(H,17,18)(H,13,15,16)/b14-7-. The van der Waals surface area contributed by atoms with Crippen LogP contribution in [-0.2, 0) is 4.79 Å². The Morgan fingerprint density at radius 3 is 2.65 bits per heavy atom. The maximum atomic E-state index is 10.9. The van der Waals surface area contributed by atoms with Gasteiger partial charge in [-0.2, -0.15) is 0 Å². The van der Waals surface area contributed by atoms with Gasteiger partial charge in [0.15, 0.2) is 5.17 Å². The number of nitrogens with zero attached hydrogens (tertiary/aromatic N) is 2. The minimum absolute atomic E-state index is 0.105. The zero-order valence-corrected chi connectivity index (χ0v) is 11.3. The molecular weight excluding hydrogens is 282 g/mol. The quantitative estimate of drug-likeness (QED) is 0.497. The topological polar surface area (TPSA) is 100 Å². The zero-order valence-electron chi connectivity index (χ0n) is 10.5. The summed E-state index contributed by atoms with van der Waals surface area (Å²) in [5.41, 5.74) is 0.178. The second-order valence-electron chi connectivity index (χ2n) is 3.79. The number of amides is 1. The number of nitrogens with one attached hydrogen (secondary N) is 1. The van der Waals surface area contributed by atoms with Gasteiger partial charge >= 0.3 is 5.97 Å². The van der Waals surface area contributed by atoms with Crippen LogP contribution in [0.15, 0.2) is 34.5 Å². The molecule has 2 N–H and O–H groups in total. The Labute approximate surface area is 118 Å². The summed E-state index contributed by atoms with van der Waals surface area (Å²) in [6.07, 6.45) is 0. The molecule has 8 heteroatoms. The molecule has 0 atom stereocenters. The SMILES string of the molecule is C/C(=N/N=C1\NC(=O)CS1)Oc1ccc(C(=O)O)cc1. The van der Waals surface area contributed by atoms with Crippen molar-refractivity contribution in [2.45, 2.75) is 6.92 Å². The van der Waals surface area contributed by atoms with E-state index in [-0.39, 0.29) is 17.4 Å². The minimum Gasteiger partial charge on any atom is -0.478 e. The van der Waals surface area contributed by atoms with E-state index in [0.717, 1.165) is 0 Å². The molecule has 1 aliphatic rings. The van der Waals surface area contributed by atoms with Crippen molar-refractivity contribution in [2.24, 2.45) is 10.2 Å². The summed E-state index contributed by atoms with van der Waals surface area (Å²) in [6.45, 7) is 1.61. The molecule has 0 saturated carbocycles. The van der Waals surface area contributed by atoms with Gasteiger partial charge in [-0.15, -0.1) is 10.2 Å². The van der Waals surface area contributed by atoms with Gasteiger partial charge in [0.2, 0.25) is 11.8 Å². The molecule has 7 nitrogen and oxygen atoms in total. The maximum absolute atomic E-state index is 10.9. The summed E-state index contributed by atoms with van der Waals surface area (Å²) in [7, 11) is 0. The Morgan fingerprint density at radius 1 is 1.40 bits per heavy atom. The summed E-state index contributed by atoms with van der Waals surface area (Å²) in [4.78, 5) is 21.6. The van der Waals surface area contributed by atoms with Crippen LogP contribution in [-0.4, -0.2) is 33.8 Å². The summed E-state index contributed by atoms with van der Waals surface area (Å²) < 4.78 is 5.36. The van der Waals surface area contributed by atoms with Crippen LogP contribution < -0.4 is 10.1 Å². The van der Waals surface area contributed by atoms with Gasteiger partial charge in [0.25, 0.3) is 0 Å². The molecule has 2 rings (SSSR count). The molecule has 0 radical (unpaired) electrons. The normalized spacial score (nSPS) is 17.1. The number of carboxylic acids is 1. The molecule has 0 aliphatic carbocycles. The second-order valence-corrected chi connectivity index (χ2v) is 4.76. The fourth-order valence-electron chi connectivity index (χ4n) is 1.35. The minimum atomic E-state index is -0.998. The Balaban J connectivity index is 1.98. The number of thioether (sulfide) groups is 1. The molecule has 0 unspecified atom stereocenters. The van der Waals surface area contributed by atoms with Crippen LogP contribution in [0.5, 0.6) is 5.75 Å². The molecule has 0 spiro atoms. The summed E-state index contributed by atoms with van der Waals surface area (Å²) >= 11 is 1.27. The first-order valence-electron chi connectivity index (χ1n) is 5.61. The summed E-state index contributed by atoms with van der Waals surface area (Å²) in [6, 6.07) is 5.93. The molecule has 1 amide bonds. The molecular formula is C12H11N3O4S. The first-order valence-corrected chi connectivity index (χ1v) is 6.59. The van der Waals surface area contributed by atoms with E-state index in [4.69, 9.17) is 9.84 Å². The predicted molar refractivity (Wildman–Crippen MR) is 75.2 cm³/mol. The van der Waals surface area contributed by atoms with Crippen LogP contribution in [0, 0.1) is 0 Å². The molecule has 20 heavy (non-hydrogen) atoms. The fourth-order valence-corrected chi connectivity index (χ4v) is 1.98. The molecule has 1 aliphatic heterocycles. The number of carbonyl (C=O) groups excluding carboxylic acids is 1. The van der Waals surface area contributed by atoms with Crippen LogP contribution in [0.4, 0.5) is 0 Å². The highest BCUT2D eigenvalue weighted by molar-refractivity contribution is 8.15. The maximum Gasteiger partial charge on any atom is 0.335 e. The van der Waals surface area contributed by atoms with Crippen molar-refractivity contribution >= 4 is 34.7 Å². The van der Waals surface area contributed by atoms with Crippen molar-refractivity contribution in [2.75, 3.05) is 5.75 Å². The third kappa shape index (κ3) is 3.82. The summed E-state index contributed by atoms with van der Waals surface area (Å²) in [5, 5.41) is 19.4. The number of hydrogen-bond acceptors (Lipinski definition) is 6. The van der Waals surface area contributed by atoms with Crippen LogP contribution >= 0.6 is 11.8 Å². The molecule has 104 valence electrons. The van der Waals surface area contributed by atoms with Crippen LogP contribution in [0.25, 0.3) is 0 Å². The lowest BCUT2D eigenvalue weighted by atomic mass is 10.2. The largest absolute Gasteiger partial charge is 0.478 e. The monoisotopic (exact) mass is 293 g/mol. The lowest BCUT2D eigenvalue weighted by Gasteiger charge is -2.03. The Kier molecular flexibility index (Phi) is 4.36.